The third-order valence-corrected chi connectivity index (χ3v) is 5.22. The highest BCUT2D eigenvalue weighted by Crippen LogP contribution is 2.29. The smallest absolute Gasteiger partial charge is 0.348 e. The third kappa shape index (κ3) is 6.34. The van der Waals surface area contributed by atoms with Gasteiger partial charge >= 0.3 is 5.97 Å². The fraction of sp³-hybridized carbons (Fsp3) is 0.346. The standard InChI is InChI=1S/C26H27F3N2O3/c1-4-13-26(3,29)25(32)34-20-11-9-18(10-12-20)19-14-30-24(31-15-19)21-7-5-6-8-23(21)33-16-22(28)17(2)27/h5-12,14-15,17,22H,4,13,16H2,1-3H3. The summed E-state index contributed by atoms with van der Waals surface area (Å²) in [5, 5.41) is 0. The van der Waals surface area contributed by atoms with Crippen LogP contribution < -0.4 is 9.47 Å². The van der Waals surface area contributed by atoms with Gasteiger partial charge in [0.25, 0.3) is 0 Å². The molecule has 3 atom stereocenters. The van der Waals surface area contributed by atoms with Crippen molar-refractivity contribution in [3.8, 4) is 34.0 Å². The van der Waals surface area contributed by atoms with E-state index in [4.69, 9.17) is 9.47 Å². The Morgan fingerprint density at radius 3 is 2.29 bits per heavy atom. The van der Waals surface area contributed by atoms with Crippen molar-refractivity contribution in [3.63, 3.8) is 0 Å². The third-order valence-electron chi connectivity index (χ3n) is 5.22. The molecule has 8 heteroatoms. The van der Waals surface area contributed by atoms with E-state index in [1.165, 1.54) is 6.92 Å². The molecule has 0 saturated heterocycles. The molecular formula is C26H27F3N2O3. The molecule has 34 heavy (non-hydrogen) atoms. The summed E-state index contributed by atoms with van der Waals surface area (Å²) in [6, 6.07) is 13.5. The number of hydrogen-bond acceptors (Lipinski definition) is 5. The predicted molar refractivity (Wildman–Crippen MR) is 124 cm³/mol. The Labute approximate surface area is 197 Å². The number of nitrogens with zero attached hydrogens (tertiary/aromatic N) is 2. The van der Waals surface area contributed by atoms with E-state index >= 15 is 0 Å². The fourth-order valence-electron chi connectivity index (χ4n) is 3.20. The Morgan fingerprint density at radius 2 is 1.68 bits per heavy atom. The molecule has 3 rings (SSSR count). The summed E-state index contributed by atoms with van der Waals surface area (Å²) in [5.74, 6) is 0.0428. The van der Waals surface area contributed by atoms with Gasteiger partial charge in [-0.2, -0.15) is 0 Å². The Kier molecular flexibility index (Phi) is 8.26. The number of aromatic nitrogens is 2. The van der Waals surface area contributed by atoms with Crippen molar-refractivity contribution < 1.29 is 27.4 Å². The van der Waals surface area contributed by atoms with E-state index in [0.717, 1.165) is 12.5 Å². The Morgan fingerprint density at radius 1 is 1.03 bits per heavy atom. The molecule has 2 aromatic carbocycles. The topological polar surface area (TPSA) is 61.3 Å². The monoisotopic (exact) mass is 472 g/mol. The normalized spacial score (nSPS) is 14.6. The number of para-hydroxylation sites is 1. The Balaban J connectivity index is 1.71. The van der Waals surface area contributed by atoms with Crippen molar-refractivity contribution in [1.82, 2.24) is 9.97 Å². The number of halogens is 3. The van der Waals surface area contributed by atoms with Gasteiger partial charge in [0.2, 0.25) is 5.67 Å². The van der Waals surface area contributed by atoms with Gasteiger partial charge in [0.05, 0.1) is 5.56 Å². The molecule has 180 valence electrons. The number of hydrogen-bond donors (Lipinski definition) is 0. The lowest BCUT2D eigenvalue weighted by Crippen LogP contribution is -2.34. The Hall–Kier alpha value is -3.42. The van der Waals surface area contributed by atoms with Crippen LogP contribution in [0, 0.1) is 0 Å². The highest BCUT2D eigenvalue weighted by Gasteiger charge is 2.34. The number of benzene rings is 2. The molecule has 1 aromatic heterocycles. The molecule has 0 fully saturated rings. The average Bonchev–Trinajstić information content (AvgIpc) is 2.83. The van der Waals surface area contributed by atoms with Gasteiger partial charge in [0.1, 0.15) is 24.3 Å². The minimum atomic E-state index is -2.04. The van der Waals surface area contributed by atoms with Gasteiger partial charge in [-0.05, 0) is 50.1 Å². The summed E-state index contributed by atoms with van der Waals surface area (Å²) in [7, 11) is 0. The van der Waals surface area contributed by atoms with Gasteiger partial charge < -0.3 is 9.47 Å². The van der Waals surface area contributed by atoms with E-state index in [1.807, 2.05) is 0 Å². The zero-order valence-electron chi connectivity index (χ0n) is 19.3. The maximum absolute atomic E-state index is 14.3. The van der Waals surface area contributed by atoms with Gasteiger partial charge in [-0.1, -0.05) is 37.6 Å². The molecule has 3 aromatic rings. The summed E-state index contributed by atoms with van der Waals surface area (Å²) in [5.41, 5.74) is -0.00997. The quantitative estimate of drug-likeness (QED) is 0.255. The van der Waals surface area contributed by atoms with Crippen LogP contribution in [0.25, 0.3) is 22.5 Å². The second-order valence-electron chi connectivity index (χ2n) is 8.16. The molecule has 0 aliphatic carbocycles. The first kappa shape index (κ1) is 25.2. The molecule has 0 N–H and O–H groups in total. The second-order valence-corrected chi connectivity index (χ2v) is 8.16. The van der Waals surface area contributed by atoms with Gasteiger partial charge in [0, 0.05) is 18.0 Å². The minimum Gasteiger partial charge on any atom is -0.490 e. The average molecular weight is 473 g/mol. The Bertz CT molecular complexity index is 1090. The molecule has 5 nitrogen and oxygen atoms in total. The van der Waals surface area contributed by atoms with Crippen molar-refractivity contribution in [2.75, 3.05) is 6.61 Å². The molecule has 0 aliphatic heterocycles. The summed E-state index contributed by atoms with van der Waals surface area (Å²) in [4.78, 5) is 20.8. The van der Waals surface area contributed by atoms with E-state index in [-0.39, 0.29) is 12.2 Å². The summed E-state index contributed by atoms with van der Waals surface area (Å²) < 4.78 is 51.6. The zero-order valence-corrected chi connectivity index (χ0v) is 19.3. The first-order valence-electron chi connectivity index (χ1n) is 11.0. The maximum atomic E-state index is 14.3. The van der Waals surface area contributed by atoms with Crippen LogP contribution in [0.1, 0.15) is 33.6 Å². The van der Waals surface area contributed by atoms with Crippen LogP contribution in [0.5, 0.6) is 11.5 Å². The number of esters is 1. The van der Waals surface area contributed by atoms with E-state index in [9.17, 15) is 18.0 Å². The summed E-state index contributed by atoms with van der Waals surface area (Å²) in [6.45, 7) is 3.74. The highest BCUT2D eigenvalue weighted by molar-refractivity contribution is 5.81. The zero-order chi connectivity index (χ0) is 24.7. The first-order valence-corrected chi connectivity index (χ1v) is 11.0. The summed E-state index contributed by atoms with van der Waals surface area (Å²) >= 11 is 0. The van der Waals surface area contributed by atoms with Crippen LogP contribution in [0.3, 0.4) is 0 Å². The lowest BCUT2D eigenvalue weighted by molar-refractivity contribution is -0.147. The van der Waals surface area contributed by atoms with E-state index in [0.29, 0.717) is 29.1 Å². The highest BCUT2D eigenvalue weighted by atomic mass is 19.2. The number of carbonyl (C=O) groups is 1. The lowest BCUT2D eigenvalue weighted by Gasteiger charge is -2.17. The molecule has 0 saturated carbocycles. The molecule has 1 heterocycles. The molecular weight excluding hydrogens is 445 g/mol. The van der Waals surface area contributed by atoms with Crippen LogP contribution >= 0.6 is 0 Å². The largest absolute Gasteiger partial charge is 0.490 e. The van der Waals surface area contributed by atoms with Gasteiger partial charge in [0.15, 0.2) is 12.0 Å². The summed E-state index contributed by atoms with van der Waals surface area (Å²) in [6.07, 6.45) is 0.481. The maximum Gasteiger partial charge on any atom is 0.348 e. The van der Waals surface area contributed by atoms with Crippen molar-refractivity contribution in [3.05, 3.63) is 60.9 Å². The SMILES string of the molecule is CCCC(C)(F)C(=O)Oc1ccc(-c2cnc(-c3ccccc3OCC(F)C(C)F)nc2)cc1. The van der Waals surface area contributed by atoms with Crippen molar-refractivity contribution >= 4 is 5.97 Å². The number of carbonyl (C=O) groups excluding carboxylic acids is 1. The molecule has 0 aliphatic rings. The first-order chi connectivity index (χ1) is 16.2. The van der Waals surface area contributed by atoms with Crippen LogP contribution in [0.4, 0.5) is 13.2 Å². The number of alkyl halides is 3. The fourth-order valence-corrected chi connectivity index (χ4v) is 3.20. The van der Waals surface area contributed by atoms with Crippen LogP contribution in [0.15, 0.2) is 60.9 Å². The number of rotatable bonds is 10. The van der Waals surface area contributed by atoms with Crippen molar-refractivity contribution in [2.45, 2.75) is 51.6 Å². The van der Waals surface area contributed by atoms with Crippen LogP contribution in [0.2, 0.25) is 0 Å². The van der Waals surface area contributed by atoms with Gasteiger partial charge in [-0.15, -0.1) is 0 Å². The van der Waals surface area contributed by atoms with Gasteiger partial charge in [-0.25, -0.2) is 27.9 Å². The minimum absolute atomic E-state index is 0.0884. The number of ether oxygens (including phenoxy) is 2. The molecule has 0 radical (unpaired) electrons. The van der Waals surface area contributed by atoms with Gasteiger partial charge in [-0.3, -0.25) is 0 Å². The molecule has 0 bridgehead atoms. The molecule has 0 spiro atoms. The van der Waals surface area contributed by atoms with Crippen molar-refractivity contribution in [2.24, 2.45) is 0 Å². The lowest BCUT2D eigenvalue weighted by atomic mass is 10.0. The molecule has 0 amide bonds. The van der Waals surface area contributed by atoms with Crippen LogP contribution in [-0.4, -0.2) is 40.6 Å². The van der Waals surface area contributed by atoms with E-state index < -0.39 is 30.6 Å². The van der Waals surface area contributed by atoms with E-state index in [1.54, 1.807) is 67.8 Å². The van der Waals surface area contributed by atoms with Crippen LogP contribution in [-0.2, 0) is 4.79 Å². The van der Waals surface area contributed by atoms with E-state index in [2.05, 4.69) is 9.97 Å². The van der Waals surface area contributed by atoms with Crippen molar-refractivity contribution in [1.29, 1.82) is 0 Å². The molecule has 3 unspecified atom stereocenters. The predicted octanol–water partition coefficient (Wildman–Crippen LogP) is 6.32. The second kappa shape index (κ2) is 11.1.